The van der Waals surface area contributed by atoms with Crippen molar-refractivity contribution in [3.05, 3.63) is 66.0 Å². The zero-order valence-corrected chi connectivity index (χ0v) is 15.2. The number of benzene rings is 1. The van der Waals surface area contributed by atoms with E-state index >= 15 is 0 Å². The SMILES string of the molecule is O=C(c1ncccc1F)N1C[C@H]2CCC[C@@]2(c2noc(-c3ccccc3)n2)C1. The molecule has 0 N–H and O–H groups in total. The van der Waals surface area contributed by atoms with Crippen molar-refractivity contribution in [1.82, 2.24) is 20.0 Å². The average molecular weight is 378 g/mol. The van der Waals surface area contributed by atoms with Crippen molar-refractivity contribution in [2.45, 2.75) is 24.7 Å². The summed E-state index contributed by atoms with van der Waals surface area (Å²) in [7, 11) is 0. The quantitative estimate of drug-likeness (QED) is 0.698. The molecule has 2 atom stereocenters. The molecule has 5 rings (SSSR count). The first kappa shape index (κ1) is 17.0. The van der Waals surface area contributed by atoms with Crippen LogP contribution in [0.2, 0.25) is 0 Å². The molecule has 1 saturated heterocycles. The third kappa shape index (κ3) is 2.61. The Hall–Kier alpha value is -3.09. The summed E-state index contributed by atoms with van der Waals surface area (Å²) >= 11 is 0. The van der Waals surface area contributed by atoms with Crippen LogP contribution in [0.3, 0.4) is 0 Å². The van der Waals surface area contributed by atoms with Crippen molar-refractivity contribution < 1.29 is 13.7 Å². The summed E-state index contributed by atoms with van der Waals surface area (Å²) in [6.07, 6.45) is 4.37. The summed E-state index contributed by atoms with van der Waals surface area (Å²) in [5, 5.41) is 4.28. The first-order valence-electron chi connectivity index (χ1n) is 9.47. The Morgan fingerprint density at radius 2 is 2.07 bits per heavy atom. The molecule has 6 nitrogen and oxygen atoms in total. The summed E-state index contributed by atoms with van der Waals surface area (Å²) in [5.74, 6) is 0.398. The highest BCUT2D eigenvalue weighted by Gasteiger charge is 2.54. The van der Waals surface area contributed by atoms with Crippen molar-refractivity contribution in [1.29, 1.82) is 0 Å². The summed E-state index contributed by atoms with van der Waals surface area (Å²) in [4.78, 5) is 23.2. The minimum absolute atomic E-state index is 0.129. The maximum Gasteiger partial charge on any atom is 0.275 e. The maximum atomic E-state index is 14.0. The zero-order chi connectivity index (χ0) is 19.1. The van der Waals surface area contributed by atoms with E-state index in [2.05, 4.69) is 15.1 Å². The number of hydrogen-bond donors (Lipinski definition) is 0. The fourth-order valence-corrected chi connectivity index (χ4v) is 4.63. The van der Waals surface area contributed by atoms with Crippen molar-refractivity contribution in [2.75, 3.05) is 13.1 Å². The predicted octanol–water partition coefficient (Wildman–Crippen LogP) is 3.46. The van der Waals surface area contributed by atoms with Crippen LogP contribution in [0.1, 0.15) is 35.6 Å². The van der Waals surface area contributed by atoms with Crippen LogP contribution in [-0.2, 0) is 5.41 Å². The van der Waals surface area contributed by atoms with E-state index in [4.69, 9.17) is 4.52 Å². The van der Waals surface area contributed by atoms with E-state index in [0.29, 0.717) is 24.8 Å². The number of likely N-dealkylation sites (tertiary alicyclic amines) is 1. The van der Waals surface area contributed by atoms with E-state index in [-0.39, 0.29) is 22.9 Å². The highest BCUT2D eigenvalue weighted by atomic mass is 19.1. The molecule has 1 aromatic carbocycles. The number of fused-ring (bicyclic) bond motifs is 1. The Morgan fingerprint density at radius 1 is 1.21 bits per heavy atom. The molecule has 2 fully saturated rings. The van der Waals surface area contributed by atoms with Crippen molar-refractivity contribution in [2.24, 2.45) is 5.92 Å². The van der Waals surface area contributed by atoms with Crippen molar-refractivity contribution >= 4 is 5.91 Å². The fourth-order valence-electron chi connectivity index (χ4n) is 4.63. The van der Waals surface area contributed by atoms with Gasteiger partial charge in [0.25, 0.3) is 11.8 Å². The van der Waals surface area contributed by atoms with Crippen LogP contribution in [0.25, 0.3) is 11.5 Å². The average Bonchev–Trinajstić information content (AvgIpc) is 3.42. The predicted molar refractivity (Wildman–Crippen MR) is 98.9 cm³/mol. The molecule has 1 saturated carbocycles. The molecule has 0 bridgehead atoms. The van der Waals surface area contributed by atoms with E-state index in [0.717, 1.165) is 24.8 Å². The Balaban J connectivity index is 1.45. The molecule has 0 radical (unpaired) electrons. The van der Waals surface area contributed by atoms with Gasteiger partial charge >= 0.3 is 0 Å². The Bertz CT molecular complexity index is 1020. The minimum Gasteiger partial charge on any atom is -0.336 e. The lowest BCUT2D eigenvalue weighted by atomic mass is 9.80. The molecular weight excluding hydrogens is 359 g/mol. The van der Waals surface area contributed by atoms with Crippen LogP contribution in [0.5, 0.6) is 0 Å². The molecule has 2 aliphatic rings. The largest absolute Gasteiger partial charge is 0.336 e. The van der Waals surface area contributed by atoms with Gasteiger partial charge in [-0.05, 0) is 43.0 Å². The summed E-state index contributed by atoms with van der Waals surface area (Å²) in [5.41, 5.74) is 0.404. The van der Waals surface area contributed by atoms with Gasteiger partial charge < -0.3 is 9.42 Å². The minimum atomic E-state index is -0.593. The lowest BCUT2D eigenvalue weighted by molar-refractivity contribution is 0.0766. The number of amides is 1. The molecule has 3 aromatic rings. The zero-order valence-electron chi connectivity index (χ0n) is 15.2. The topological polar surface area (TPSA) is 72.1 Å². The molecule has 1 aliphatic carbocycles. The first-order valence-corrected chi connectivity index (χ1v) is 9.47. The Morgan fingerprint density at radius 3 is 2.89 bits per heavy atom. The van der Waals surface area contributed by atoms with Crippen LogP contribution in [0.15, 0.2) is 53.2 Å². The molecule has 0 unspecified atom stereocenters. The van der Waals surface area contributed by atoms with Gasteiger partial charge in [0.1, 0.15) is 0 Å². The number of aromatic nitrogens is 3. The normalized spacial score (nSPS) is 23.8. The highest BCUT2D eigenvalue weighted by molar-refractivity contribution is 5.92. The van der Waals surface area contributed by atoms with Gasteiger partial charge in [-0.25, -0.2) is 9.37 Å². The van der Waals surface area contributed by atoms with Crippen LogP contribution < -0.4 is 0 Å². The van der Waals surface area contributed by atoms with Gasteiger partial charge in [-0.2, -0.15) is 4.98 Å². The summed E-state index contributed by atoms with van der Waals surface area (Å²) in [6, 6.07) is 12.4. The fraction of sp³-hybridized carbons (Fsp3) is 0.333. The molecule has 1 amide bonds. The van der Waals surface area contributed by atoms with Gasteiger partial charge in [0.2, 0.25) is 0 Å². The lowest BCUT2D eigenvalue weighted by Gasteiger charge is -2.24. The third-order valence-corrected chi connectivity index (χ3v) is 6.01. The van der Waals surface area contributed by atoms with Crippen LogP contribution in [-0.4, -0.2) is 39.0 Å². The molecular formula is C21H19FN4O2. The number of rotatable bonds is 3. The highest BCUT2D eigenvalue weighted by Crippen LogP contribution is 2.50. The molecule has 7 heteroatoms. The van der Waals surface area contributed by atoms with Gasteiger partial charge in [-0.15, -0.1) is 0 Å². The van der Waals surface area contributed by atoms with E-state index in [1.165, 1.54) is 18.3 Å². The number of carbonyl (C=O) groups excluding carboxylic acids is 1. The van der Waals surface area contributed by atoms with Crippen molar-refractivity contribution in [3.63, 3.8) is 0 Å². The second-order valence-electron chi connectivity index (χ2n) is 7.55. The molecule has 142 valence electrons. The van der Waals surface area contributed by atoms with Crippen molar-refractivity contribution in [3.8, 4) is 11.5 Å². The lowest BCUT2D eigenvalue weighted by Crippen LogP contribution is -2.36. The van der Waals surface area contributed by atoms with Crippen LogP contribution >= 0.6 is 0 Å². The Labute approximate surface area is 161 Å². The smallest absolute Gasteiger partial charge is 0.275 e. The van der Waals surface area contributed by atoms with Gasteiger partial charge in [-0.1, -0.05) is 29.8 Å². The van der Waals surface area contributed by atoms with E-state index in [9.17, 15) is 9.18 Å². The number of halogens is 1. The van der Waals surface area contributed by atoms with E-state index in [1.807, 2.05) is 30.3 Å². The van der Waals surface area contributed by atoms with Crippen LogP contribution in [0, 0.1) is 11.7 Å². The number of carbonyl (C=O) groups is 1. The van der Waals surface area contributed by atoms with Crippen LogP contribution in [0.4, 0.5) is 4.39 Å². The molecule has 3 heterocycles. The third-order valence-electron chi connectivity index (χ3n) is 6.01. The van der Waals surface area contributed by atoms with E-state index < -0.39 is 5.82 Å². The number of nitrogens with zero attached hydrogens (tertiary/aromatic N) is 4. The van der Waals surface area contributed by atoms with E-state index in [1.54, 1.807) is 4.90 Å². The number of pyridine rings is 1. The molecule has 2 aromatic heterocycles. The molecule has 28 heavy (non-hydrogen) atoms. The number of hydrogen-bond acceptors (Lipinski definition) is 5. The Kier molecular flexibility index (Phi) is 3.96. The standard InChI is InChI=1S/C21H19FN4O2/c22-16-9-5-11-23-17(16)19(27)26-12-15-8-4-10-21(15,13-26)20-24-18(28-25-20)14-6-2-1-3-7-14/h1-3,5-7,9,11,15H,4,8,10,12-13H2/t15-,21-/m1/s1. The van der Waals surface area contributed by atoms with Gasteiger partial charge in [0.05, 0.1) is 5.41 Å². The second-order valence-corrected chi connectivity index (χ2v) is 7.55. The molecule has 1 aliphatic heterocycles. The monoisotopic (exact) mass is 378 g/mol. The van der Waals surface area contributed by atoms with Gasteiger partial charge in [-0.3, -0.25) is 4.79 Å². The first-order chi connectivity index (χ1) is 13.7. The summed E-state index contributed by atoms with van der Waals surface area (Å²) < 4.78 is 19.6. The van der Waals surface area contributed by atoms with Gasteiger partial charge in [0.15, 0.2) is 17.3 Å². The second kappa shape index (κ2) is 6.51. The maximum absolute atomic E-state index is 14.0. The molecule has 0 spiro atoms. The summed E-state index contributed by atoms with van der Waals surface area (Å²) in [6.45, 7) is 1.02. The van der Waals surface area contributed by atoms with Gasteiger partial charge in [0, 0.05) is 24.8 Å².